The van der Waals surface area contributed by atoms with Gasteiger partial charge in [-0.2, -0.15) is 5.10 Å². The Labute approximate surface area is 120 Å². The number of rotatable bonds is 2. The van der Waals surface area contributed by atoms with E-state index in [-0.39, 0.29) is 0 Å². The number of hydrogen-bond acceptors (Lipinski definition) is 2. The molecule has 19 heavy (non-hydrogen) atoms. The van der Waals surface area contributed by atoms with Crippen molar-refractivity contribution < 1.29 is 0 Å². The number of para-hydroxylation sites is 1. The highest BCUT2D eigenvalue weighted by molar-refractivity contribution is 6.31. The van der Waals surface area contributed by atoms with Gasteiger partial charge in [0, 0.05) is 11.6 Å². The Morgan fingerprint density at radius 2 is 2.05 bits per heavy atom. The molecule has 0 radical (unpaired) electrons. The standard InChI is InChI=1S/C14H11Cl2N3/c1-9-12(16)8-19(18-9)14-6-10(7-15)17-13-5-3-2-4-11(13)14/h2-6,8H,7H2,1H3. The molecule has 3 rings (SSSR count). The molecule has 0 aliphatic heterocycles. The smallest absolute Gasteiger partial charge is 0.0819 e. The molecule has 0 spiro atoms. The van der Waals surface area contributed by atoms with Crippen LogP contribution in [0.25, 0.3) is 16.6 Å². The second kappa shape index (κ2) is 4.83. The normalized spacial score (nSPS) is 11.1. The van der Waals surface area contributed by atoms with Crippen molar-refractivity contribution in [2.24, 2.45) is 0 Å². The van der Waals surface area contributed by atoms with E-state index in [9.17, 15) is 0 Å². The monoisotopic (exact) mass is 291 g/mol. The minimum Gasteiger partial charge on any atom is -0.251 e. The molecule has 3 aromatic rings. The molecule has 0 fully saturated rings. The van der Waals surface area contributed by atoms with Crippen molar-refractivity contribution in [3.05, 3.63) is 52.9 Å². The van der Waals surface area contributed by atoms with Crippen LogP contribution in [0.2, 0.25) is 5.02 Å². The van der Waals surface area contributed by atoms with Gasteiger partial charge in [0.25, 0.3) is 0 Å². The fourth-order valence-electron chi connectivity index (χ4n) is 2.03. The number of pyridine rings is 1. The number of nitrogens with zero attached hydrogens (tertiary/aromatic N) is 3. The third-order valence-corrected chi connectivity index (χ3v) is 3.62. The number of alkyl halides is 1. The molecule has 96 valence electrons. The lowest BCUT2D eigenvalue weighted by atomic mass is 10.1. The molecule has 0 N–H and O–H groups in total. The molecule has 0 aliphatic rings. The maximum Gasteiger partial charge on any atom is 0.0819 e. The van der Waals surface area contributed by atoms with Crippen molar-refractivity contribution in [3.63, 3.8) is 0 Å². The molecule has 0 unspecified atom stereocenters. The minimum atomic E-state index is 0.367. The SMILES string of the molecule is Cc1nn(-c2cc(CCl)nc3ccccc23)cc1Cl. The average Bonchev–Trinajstić information content (AvgIpc) is 2.77. The number of hydrogen-bond donors (Lipinski definition) is 0. The third kappa shape index (κ3) is 2.20. The predicted molar refractivity (Wildman–Crippen MR) is 78.2 cm³/mol. The van der Waals surface area contributed by atoms with Gasteiger partial charge in [0.1, 0.15) is 0 Å². The molecule has 2 aromatic heterocycles. The molecular formula is C14H11Cl2N3. The Bertz CT molecular complexity index is 730. The van der Waals surface area contributed by atoms with Gasteiger partial charge in [0.2, 0.25) is 0 Å². The molecule has 3 nitrogen and oxygen atoms in total. The summed E-state index contributed by atoms with van der Waals surface area (Å²) < 4.78 is 1.78. The fraction of sp³-hybridized carbons (Fsp3) is 0.143. The topological polar surface area (TPSA) is 30.7 Å². The highest BCUT2D eigenvalue weighted by Gasteiger charge is 2.10. The van der Waals surface area contributed by atoms with E-state index in [1.165, 1.54) is 0 Å². The van der Waals surface area contributed by atoms with E-state index in [0.717, 1.165) is 28.0 Å². The first-order valence-electron chi connectivity index (χ1n) is 5.86. The zero-order valence-corrected chi connectivity index (χ0v) is 11.8. The second-order valence-corrected chi connectivity index (χ2v) is 4.96. The number of fused-ring (bicyclic) bond motifs is 1. The van der Waals surface area contributed by atoms with Crippen molar-refractivity contribution >= 4 is 34.1 Å². The van der Waals surface area contributed by atoms with Crippen molar-refractivity contribution in [1.82, 2.24) is 14.8 Å². The van der Waals surface area contributed by atoms with Gasteiger partial charge in [0.05, 0.1) is 33.5 Å². The Morgan fingerprint density at radius 1 is 1.26 bits per heavy atom. The van der Waals surface area contributed by atoms with E-state index >= 15 is 0 Å². The molecular weight excluding hydrogens is 281 g/mol. The maximum atomic E-state index is 6.08. The number of aryl methyl sites for hydroxylation is 1. The van der Waals surface area contributed by atoms with Crippen LogP contribution in [0.15, 0.2) is 36.5 Å². The largest absolute Gasteiger partial charge is 0.251 e. The van der Waals surface area contributed by atoms with Gasteiger partial charge in [0.15, 0.2) is 0 Å². The van der Waals surface area contributed by atoms with E-state index in [1.54, 1.807) is 10.9 Å². The Morgan fingerprint density at radius 3 is 2.74 bits per heavy atom. The van der Waals surface area contributed by atoms with E-state index in [1.807, 2.05) is 37.3 Å². The van der Waals surface area contributed by atoms with Crippen LogP contribution >= 0.6 is 23.2 Å². The quantitative estimate of drug-likeness (QED) is 0.665. The number of aromatic nitrogens is 3. The third-order valence-electron chi connectivity index (χ3n) is 2.97. The van der Waals surface area contributed by atoms with Crippen LogP contribution in [0, 0.1) is 6.92 Å². The van der Waals surface area contributed by atoms with Gasteiger partial charge in [-0.15, -0.1) is 11.6 Å². The zero-order chi connectivity index (χ0) is 13.4. The van der Waals surface area contributed by atoms with E-state index < -0.39 is 0 Å². The zero-order valence-electron chi connectivity index (χ0n) is 10.3. The summed E-state index contributed by atoms with van der Waals surface area (Å²) in [6, 6.07) is 9.86. The highest BCUT2D eigenvalue weighted by Crippen LogP contribution is 2.24. The maximum absolute atomic E-state index is 6.08. The Kier molecular flexibility index (Phi) is 3.17. The predicted octanol–water partition coefficient (Wildman–Crippen LogP) is 4.12. The van der Waals surface area contributed by atoms with Crippen LogP contribution in [0.5, 0.6) is 0 Å². The summed E-state index contributed by atoms with van der Waals surface area (Å²) in [5.41, 5.74) is 3.46. The Balaban J connectivity index is 2.32. The summed E-state index contributed by atoms with van der Waals surface area (Å²) in [7, 11) is 0. The van der Waals surface area contributed by atoms with Gasteiger partial charge < -0.3 is 0 Å². The van der Waals surface area contributed by atoms with Crippen molar-refractivity contribution in [2.45, 2.75) is 12.8 Å². The van der Waals surface area contributed by atoms with Crippen LogP contribution in [0.1, 0.15) is 11.4 Å². The molecule has 0 atom stereocenters. The van der Waals surface area contributed by atoms with Gasteiger partial charge in [-0.05, 0) is 19.1 Å². The highest BCUT2D eigenvalue weighted by atomic mass is 35.5. The minimum absolute atomic E-state index is 0.367. The molecule has 0 amide bonds. The average molecular weight is 292 g/mol. The number of halogens is 2. The van der Waals surface area contributed by atoms with Gasteiger partial charge in [-0.1, -0.05) is 29.8 Å². The molecule has 2 heterocycles. The summed E-state index contributed by atoms with van der Waals surface area (Å²) in [5.74, 6) is 0.367. The Hall–Kier alpha value is -1.58. The lowest BCUT2D eigenvalue weighted by Crippen LogP contribution is -1.99. The molecule has 0 bridgehead atoms. The molecule has 1 aromatic carbocycles. The fourth-order valence-corrected chi connectivity index (χ4v) is 2.30. The lowest BCUT2D eigenvalue weighted by molar-refractivity contribution is 0.865. The second-order valence-electron chi connectivity index (χ2n) is 4.29. The summed E-state index contributed by atoms with van der Waals surface area (Å²) >= 11 is 12.0. The van der Waals surface area contributed by atoms with Gasteiger partial charge in [-0.25, -0.2) is 4.68 Å². The van der Waals surface area contributed by atoms with Crippen molar-refractivity contribution in [3.8, 4) is 5.69 Å². The van der Waals surface area contributed by atoms with Crippen LogP contribution < -0.4 is 0 Å². The molecule has 0 saturated heterocycles. The van der Waals surface area contributed by atoms with Crippen LogP contribution in [-0.2, 0) is 5.88 Å². The van der Waals surface area contributed by atoms with E-state index in [0.29, 0.717) is 10.9 Å². The van der Waals surface area contributed by atoms with E-state index in [4.69, 9.17) is 23.2 Å². The summed E-state index contributed by atoms with van der Waals surface area (Å²) in [5, 5.41) is 6.09. The van der Waals surface area contributed by atoms with Crippen LogP contribution in [0.4, 0.5) is 0 Å². The van der Waals surface area contributed by atoms with Crippen molar-refractivity contribution in [1.29, 1.82) is 0 Å². The summed E-state index contributed by atoms with van der Waals surface area (Å²) in [6.45, 7) is 1.88. The lowest BCUT2D eigenvalue weighted by Gasteiger charge is -2.08. The first-order valence-corrected chi connectivity index (χ1v) is 6.77. The number of benzene rings is 1. The molecule has 5 heteroatoms. The first kappa shape index (κ1) is 12.5. The molecule has 0 saturated carbocycles. The van der Waals surface area contributed by atoms with Crippen molar-refractivity contribution in [2.75, 3.05) is 0 Å². The van der Waals surface area contributed by atoms with E-state index in [2.05, 4.69) is 10.1 Å². The summed E-state index contributed by atoms with van der Waals surface area (Å²) in [4.78, 5) is 4.50. The van der Waals surface area contributed by atoms with Crippen LogP contribution in [0.3, 0.4) is 0 Å². The molecule has 0 aliphatic carbocycles. The van der Waals surface area contributed by atoms with Gasteiger partial charge in [-0.3, -0.25) is 4.98 Å². The first-order chi connectivity index (χ1) is 9.19. The summed E-state index contributed by atoms with van der Waals surface area (Å²) in [6.07, 6.45) is 1.80. The van der Waals surface area contributed by atoms with Crippen LogP contribution in [-0.4, -0.2) is 14.8 Å². The van der Waals surface area contributed by atoms with Gasteiger partial charge >= 0.3 is 0 Å².